The van der Waals surface area contributed by atoms with Crippen molar-refractivity contribution >= 4 is 27.3 Å². The van der Waals surface area contributed by atoms with Crippen molar-refractivity contribution in [3.05, 3.63) is 130 Å². The third-order valence-electron chi connectivity index (χ3n) is 6.45. The van der Waals surface area contributed by atoms with Gasteiger partial charge in [-0.2, -0.15) is 0 Å². The number of sulfone groups is 1. The first kappa shape index (κ1) is 26.8. The normalized spacial score (nSPS) is 11.2. The highest BCUT2D eigenvalue weighted by atomic mass is 32.2. The molecule has 7 heteroatoms. The van der Waals surface area contributed by atoms with Crippen molar-refractivity contribution < 1.29 is 18.0 Å². The van der Waals surface area contributed by atoms with Crippen molar-refractivity contribution in [1.82, 2.24) is 0 Å². The van der Waals surface area contributed by atoms with Gasteiger partial charge in [0.15, 0.2) is 9.84 Å². The van der Waals surface area contributed by atoms with E-state index in [0.717, 1.165) is 22.3 Å². The lowest BCUT2D eigenvalue weighted by molar-refractivity contribution is -0.115. The van der Waals surface area contributed by atoms with Gasteiger partial charge in [0.2, 0.25) is 11.8 Å². The first-order valence-electron chi connectivity index (χ1n) is 12.4. The maximum Gasteiger partial charge on any atom is 0.249 e. The van der Waals surface area contributed by atoms with Crippen LogP contribution in [0.4, 0.5) is 5.69 Å². The van der Waals surface area contributed by atoms with E-state index >= 15 is 0 Å². The summed E-state index contributed by atoms with van der Waals surface area (Å²) >= 11 is 0. The van der Waals surface area contributed by atoms with Crippen LogP contribution < -0.4 is 11.1 Å². The summed E-state index contributed by atoms with van der Waals surface area (Å²) in [6.07, 6.45) is 1.06. The molecule has 0 aliphatic rings. The van der Waals surface area contributed by atoms with Gasteiger partial charge < -0.3 is 11.1 Å². The van der Waals surface area contributed by atoms with E-state index in [-0.39, 0.29) is 23.0 Å². The molecule has 0 aliphatic carbocycles. The van der Waals surface area contributed by atoms with Gasteiger partial charge in [0.25, 0.3) is 0 Å². The fourth-order valence-electron chi connectivity index (χ4n) is 4.41. The minimum Gasteiger partial charge on any atom is -0.366 e. The number of amides is 2. The number of nitrogens with two attached hydrogens (primary N) is 1. The predicted octanol–water partition coefficient (Wildman–Crippen LogP) is 4.94. The summed E-state index contributed by atoms with van der Waals surface area (Å²) < 4.78 is 24.2. The molecule has 0 aliphatic heterocycles. The first-order chi connectivity index (χ1) is 18.3. The largest absolute Gasteiger partial charge is 0.366 e. The van der Waals surface area contributed by atoms with Crippen LogP contribution in [0.1, 0.15) is 45.1 Å². The van der Waals surface area contributed by atoms with Crippen LogP contribution in [0.15, 0.2) is 102 Å². The molecular weight excluding hydrogens is 496 g/mol. The zero-order valence-electron chi connectivity index (χ0n) is 21.2. The van der Waals surface area contributed by atoms with E-state index in [4.69, 9.17) is 5.73 Å². The van der Waals surface area contributed by atoms with Crippen molar-refractivity contribution in [2.75, 3.05) is 11.1 Å². The van der Waals surface area contributed by atoms with Crippen LogP contribution in [-0.2, 0) is 33.9 Å². The average molecular weight is 527 g/mol. The minimum absolute atomic E-state index is 0.0175. The summed E-state index contributed by atoms with van der Waals surface area (Å²) in [7, 11) is -3.31. The Morgan fingerprint density at radius 3 is 1.79 bits per heavy atom. The molecule has 0 unspecified atom stereocenters. The highest BCUT2D eigenvalue weighted by molar-refractivity contribution is 7.91. The maximum absolute atomic E-state index is 13.1. The van der Waals surface area contributed by atoms with Gasteiger partial charge in [-0.25, -0.2) is 8.42 Å². The topological polar surface area (TPSA) is 106 Å². The quantitative estimate of drug-likeness (QED) is 0.305. The predicted molar refractivity (Wildman–Crippen MR) is 150 cm³/mol. The smallest absolute Gasteiger partial charge is 0.249 e. The second-order valence-corrected chi connectivity index (χ2v) is 11.4. The molecule has 4 aromatic rings. The summed E-state index contributed by atoms with van der Waals surface area (Å²) in [4.78, 5) is 25.7. The van der Waals surface area contributed by atoms with E-state index < -0.39 is 15.7 Å². The van der Waals surface area contributed by atoms with Gasteiger partial charge in [0.1, 0.15) is 0 Å². The lowest BCUT2D eigenvalue weighted by Crippen LogP contribution is -2.20. The molecule has 0 fully saturated rings. The molecule has 6 nitrogen and oxygen atoms in total. The highest BCUT2D eigenvalue weighted by Gasteiger charge is 2.19. The number of carbonyl (C=O) groups is 2. The Kier molecular flexibility index (Phi) is 8.38. The molecule has 0 saturated carbocycles. The maximum atomic E-state index is 13.1. The molecule has 0 heterocycles. The molecule has 38 heavy (non-hydrogen) atoms. The molecular formula is C31H30N2O4S. The van der Waals surface area contributed by atoms with Gasteiger partial charge in [-0.05, 0) is 64.9 Å². The number of hydrogen-bond acceptors (Lipinski definition) is 4. The summed E-state index contributed by atoms with van der Waals surface area (Å²) in [6, 6.07) is 29.4. The minimum atomic E-state index is -3.31. The molecule has 3 N–H and O–H groups in total. The van der Waals surface area contributed by atoms with Crippen molar-refractivity contribution in [2.45, 2.75) is 31.1 Å². The zero-order valence-corrected chi connectivity index (χ0v) is 22.0. The fourth-order valence-corrected chi connectivity index (χ4v) is 5.29. The van der Waals surface area contributed by atoms with Gasteiger partial charge in [0, 0.05) is 11.3 Å². The van der Waals surface area contributed by atoms with Crippen molar-refractivity contribution in [1.29, 1.82) is 0 Å². The molecule has 0 spiro atoms. The van der Waals surface area contributed by atoms with Crippen LogP contribution in [0, 0.1) is 0 Å². The standard InChI is InChI=1S/C31H30N2O4S/c1-2-38(36,37)25-15-13-24(14-16-25)21-30(34)33-29-18-17-26(31(32)35)27(19-22-9-5-3-6-10-22)28(29)20-23-11-7-4-8-12-23/h3-18H,2,19-21H2,1H3,(H2,32,35)(H,33,34). The van der Waals surface area contributed by atoms with Crippen molar-refractivity contribution in [3.63, 3.8) is 0 Å². The molecule has 2 amide bonds. The molecule has 4 rings (SSSR count). The summed E-state index contributed by atoms with van der Waals surface area (Å²) in [5, 5.41) is 3.02. The number of anilines is 1. The first-order valence-corrected chi connectivity index (χ1v) is 14.1. The summed E-state index contributed by atoms with van der Waals surface area (Å²) in [5.74, 6) is -0.753. The Balaban J connectivity index is 1.68. The summed E-state index contributed by atoms with van der Waals surface area (Å²) in [6.45, 7) is 1.60. The molecule has 0 bridgehead atoms. The van der Waals surface area contributed by atoms with Gasteiger partial charge in [0.05, 0.1) is 17.1 Å². The number of primary amides is 1. The number of rotatable bonds is 10. The lowest BCUT2D eigenvalue weighted by atomic mass is 9.89. The van der Waals surface area contributed by atoms with E-state index in [2.05, 4.69) is 5.32 Å². The third-order valence-corrected chi connectivity index (χ3v) is 8.20. The Morgan fingerprint density at radius 2 is 1.26 bits per heavy atom. The van der Waals surface area contributed by atoms with E-state index in [1.807, 2.05) is 60.7 Å². The lowest BCUT2D eigenvalue weighted by Gasteiger charge is -2.19. The van der Waals surface area contributed by atoms with Crippen molar-refractivity contribution in [2.24, 2.45) is 5.73 Å². The Bertz CT molecular complexity index is 1530. The van der Waals surface area contributed by atoms with Gasteiger partial charge >= 0.3 is 0 Å². The second kappa shape index (κ2) is 11.9. The van der Waals surface area contributed by atoms with Crippen LogP contribution in [0.3, 0.4) is 0 Å². The Morgan fingerprint density at radius 1 is 0.711 bits per heavy atom. The monoisotopic (exact) mass is 526 g/mol. The van der Waals surface area contributed by atoms with Gasteiger partial charge in [-0.3, -0.25) is 9.59 Å². The zero-order chi connectivity index (χ0) is 27.1. The van der Waals surface area contributed by atoms with E-state index in [1.165, 1.54) is 12.1 Å². The molecule has 0 radical (unpaired) electrons. The van der Waals surface area contributed by atoms with Crippen LogP contribution in [-0.4, -0.2) is 26.0 Å². The number of carbonyl (C=O) groups excluding carboxylic acids is 2. The third kappa shape index (κ3) is 6.55. The van der Waals surface area contributed by atoms with Gasteiger partial charge in [-0.15, -0.1) is 0 Å². The number of hydrogen-bond donors (Lipinski definition) is 2. The Hall–Kier alpha value is -4.23. The highest BCUT2D eigenvalue weighted by Crippen LogP contribution is 2.29. The summed E-state index contributed by atoms with van der Waals surface area (Å²) in [5.41, 5.74) is 11.2. The SMILES string of the molecule is CCS(=O)(=O)c1ccc(CC(=O)Nc2ccc(C(N)=O)c(Cc3ccccc3)c2Cc2ccccc2)cc1. The fraction of sp³-hybridized carbons (Fsp3) is 0.161. The molecule has 0 saturated heterocycles. The average Bonchev–Trinajstić information content (AvgIpc) is 2.91. The van der Waals surface area contributed by atoms with E-state index in [0.29, 0.717) is 29.7 Å². The van der Waals surface area contributed by atoms with E-state index in [1.54, 1.807) is 31.2 Å². The Labute approximate surface area is 223 Å². The van der Waals surface area contributed by atoms with Crippen molar-refractivity contribution in [3.8, 4) is 0 Å². The molecule has 0 aromatic heterocycles. The van der Waals surface area contributed by atoms with Crippen LogP contribution >= 0.6 is 0 Å². The van der Waals surface area contributed by atoms with E-state index in [9.17, 15) is 18.0 Å². The van der Waals surface area contributed by atoms with Crippen LogP contribution in [0.2, 0.25) is 0 Å². The van der Waals surface area contributed by atoms with Gasteiger partial charge in [-0.1, -0.05) is 79.7 Å². The second-order valence-electron chi connectivity index (χ2n) is 9.08. The van der Waals surface area contributed by atoms with Crippen LogP contribution in [0.5, 0.6) is 0 Å². The molecule has 194 valence electrons. The van der Waals surface area contributed by atoms with Crippen LogP contribution in [0.25, 0.3) is 0 Å². The number of nitrogens with one attached hydrogen (secondary N) is 1. The molecule has 0 atom stereocenters. The number of benzene rings is 4. The molecule has 4 aromatic carbocycles.